The molecule has 8 nitrogen and oxygen atoms in total. The van der Waals surface area contributed by atoms with Crippen LogP contribution in [0.5, 0.6) is 0 Å². The third-order valence-corrected chi connectivity index (χ3v) is 7.74. The van der Waals surface area contributed by atoms with Gasteiger partial charge in [0.05, 0.1) is 23.1 Å². The zero-order chi connectivity index (χ0) is 26.8. The third kappa shape index (κ3) is 5.14. The maximum absolute atomic E-state index is 11.8. The van der Waals surface area contributed by atoms with E-state index < -0.39 is 0 Å². The van der Waals surface area contributed by atoms with E-state index in [1.807, 2.05) is 31.3 Å². The molecule has 1 aliphatic carbocycles. The molecule has 0 atom stereocenters. The lowest BCUT2D eigenvalue weighted by Crippen LogP contribution is -2.38. The van der Waals surface area contributed by atoms with Crippen LogP contribution in [0.15, 0.2) is 73.1 Å². The molecule has 0 radical (unpaired) electrons. The summed E-state index contributed by atoms with van der Waals surface area (Å²) in [6.07, 6.45) is 8.05. The Morgan fingerprint density at radius 1 is 0.949 bits per heavy atom. The maximum atomic E-state index is 11.8. The number of amides is 2. The summed E-state index contributed by atoms with van der Waals surface area (Å²) >= 11 is 0. The number of imidazole rings is 1. The lowest BCUT2D eigenvalue weighted by molar-refractivity contribution is 0.235. The van der Waals surface area contributed by atoms with Gasteiger partial charge in [-0.15, -0.1) is 0 Å². The normalized spacial score (nSPS) is 17.4. The van der Waals surface area contributed by atoms with E-state index in [4.69, 9.17) is 20.7 Å². The number of urea groups is 1. The molecule has 1 saturated carbocycles. The number of benzene rings is 2. The van der Waals surface area contributed by atoms with Gasteiger partial charge in [0.15, 0.2) is 0 Å². The van der Waals surface area contributed by atoms with E-state index in [2.05, 4.69) is 63.7 Å². The molecule has 6 rings (SSSR count). The molecule has 2 aromatic carbocycles. The molecule has 0 aliphatic heterocycles. The van der Waals surface area contributed by atoms with Crippen LogP contribution < -0.4 is 16.4 Å². The Bertz CT molecular complexity index is 1620. The topological polar surface area (TPSA) is 110 Å². The number of carbonyl (C=O) groups is 1. The van der Waals surface area contributed by atoms with Gasteiger partial charge in [0.2, 0.25) is 0 Å². The fourth-order valence-corrected chi connectivity index (χ4v) is 5.61. The minimum Gasteiger partial charge on any atom is -0.382 e. The van der Waals surface area contributed by atoms with E-state index in [0.29, 0.717) is 30.7 Å². The van der Waals surface area contributed by atoms with Crippen LogP contribution in [0.1, 0.15) is 44.3 Å². The molecular formula is C31H33N7O. The molecule has 4 N–H and O–H groups in total. The smallest absolute Gasteiger partial charge is 0.314 e. The van der Waals surface area contributed by atoms with Gasteiger partial charge in [-0.3, -0.25) is 4.40 Å². The number of nitrogens with one attached hydrogen (secondary N) is 2. The zero-order valence-corrected chi connectivity index (χ0v) is 22.1. The number of aromatic nitrogens is 4. The van der Waals surface area contributed by atoms with Gasteiger partial charge in [-0.1, -0.05) is 48.5 Å². The van der Waals surface area contributed by atoms with Crippen molar-refractivity contribution in [2.45, 2.75) is 38.5 Å². The summed E-state index contributed by atoms with van der Waals surface area (Å²) in [6.45, 7) is 3.27. The highest BCUT2D eigenvalue weighted by Crippen LogP contribution is 2.36. The van der Waals surface area contributed by atoms with Gasteiger partial charge >= 0.3 is 6.03 Å². The number of rotatable bonds is 6. The Kier molecular flexibility index (Phi) is 6.84. The van der Waals surface area contributed by atoms with Crippen LogP contribution in [0.25, 0.3) is 38.9 Å². The molecule has 2 amide bonds. The predicted octanol–water partition coefficient (Wildman–Crippen LogP) is 5.79. The first kappa shape index (κ1) is 24.9. The van der Waals surface area contributed by atoms with E-state index in [-0.39, 0.29) is 6.03 Å². The van der Waals surface area contributed by atoms with Crippen LogP contribution in [0, 0.1) is 5.92 Å². The van der Waals surface area contributed by atoms with Crippen molar-refractivity contribution < 1.29 is 4.79 Å². The van der Waals surface area contributed by atoms with Crippen LogP contribution in [-0.4, -0.2) is 38.5 Å². The van der Waals surface area contributed by atoms with Crippen LogP contribution in [0.4, 0.5) is 10.6 Å². The number of nitrogens with zero attached hydrogens (tertiary/aromatic N) is 4. The number of hydrogen-bond donors (Lipinski definition) is 3. The van der Waals surface area contributed by atoms with E-state index in [1.165, 1.54) is 0 Å². The largest absolute Gasteiger partial charge is 0.382 e. The lowest BCUT2D eigenvalue weighted by Gasteiger charge is -2.28. The second-order valence-electron chi connectivity index (χ2n) is 10.3. The van der Waals surface area contributed by atoms with Gasteiger partial charge in [-0.05, 0) is 50.7 Å². The molecule has 3 aromatic heterocycles. The Morgan fingerprint density at radius 2 is 1.74 bits per heavy atom. The molecule has 0 unspecified atom stereocenters. The third-order valence-electron chi connectivity index (χ3n) is 7.74. The molecule has 198 valence electrons. The van der Waals surface area contributed by atoms with Crippen molar-refractivity contribution in [3.63, 3.8) is 0 Å². The Hall–Kier alpha value is -4.46. The van der Waals surface area contributed by atoms with Crippen molar-refractivity contribution in [1.82, 2.24) is 30.0 Å². The summed E-state index contributed by atoms with van der Waals surface area (Å²) in [5.74, 6) is 2.33. The summed E-state index contributed by atoms with van der Waals surface area (Å²) in [4.78, 5) is 26.2. The van der Waals surface area contributed by atoms with E-state index in [9.17, 15) is 4.79 Å². The van der Waals surface area contributed by atoms with Gasteiger partial charge < -0.3 is 16.4 Å². The first-order chi connectivity index (χ1) is 19.1. The predicted molar refractivity (Wildman–Crippen MR) is 155 cm³/mol. The Morgan fingerprint density at radius 3 is 2.54 bits per heavy atom. The summed E-state index contributed by atoms with van der Waals surface area (Å²) in [6, 6.07) is 20.5. The second kappa shape index (κ2) is 10.7. The molecule has 0 saturated heterocycles. The molecule has 0 bridgehead atoms. The lowest BCUT2D eigenvalue weighted by atomic mass is 9.81. The van der Waals surface area contributed by atoms with Crippen LogP contribution in [0.3, 0.4) is 0 Å². The fraction of sp³-hybridized carbons (Fsp3) is 0.290. The highest BCUT2D eigenvalue weighted by atomic mass is 16.2. The molecular weight excluding hydrogens is 486 g/mol. The number of fused-ring (bicyclic) bond motifs is 2. The van der Waals surface area contributed by atoms with Gasteiger partial charge in [0.25, 0.3) is 0 Å². The average molecular weight is 520 g/mol. The molecule has 3 heterocycles. The first-order valence-electron chi connectivity index (χ1n) is 13.7. The number of pyridine rings is 1. The van der Waals surface area contributed by atoms with Crippen molar-refractivity contribution in [3.8, 4) is 22.5 Å². The average Bonchev–Trinajstić information content (AvgIpc) is 3.41. The minimum absolute atomic E-state index is 0.0884. The number of nitrogens with two attached hydrogens (primary N) is 1. The fourth-order valence-electron chi connectivity index (χ4n) is 5.61. The first-order valence-corrected chi connectivity index (χ1v) is 13.7. The summed E-state index contributed by atoms with van der Waals surface area (Å²) < 4.78 is 2.12. The minimum atomic E-state index is -0.0884. The second-order valence-corrected chi connectivity index (χ2v) is 10.3. The monoisotopic (exact) mass is 519 g/mol. The molecule has 8 heteroatoms. The summed E-state index contributed by atoms with van der Waals surface area (Å²) in [5, 5.41) is 6.86. The van der Waals surface area contributed by atoms with Crippen molar-refractivity contribution in [1.29, 1.82) is 0 Å². The van der Waals surface area contributed by atoms with Crippen molar-refractivity contribution >= 4 is 28.3 Å². The molecule has 0 spiro atoms. The van der Waals surface area contributed by atoms with Crippen LogP contribution >= 0.6 is 0 Å². The summed E-state index contributed by atoms with van der Waals surface area (Å²) in [7, 11) is 0. The highest BCUT2D eigenvalue weighted by molar-refractivity contribution is 5.86. The Balaban J connectivity index is 1.26. The van der Waals surface area contributed by atoms with E-state index in [0.717, 1.165) is 70.4 Å². The van der Waals surface area contributed by atoms with Crippen molar-refractivity contribution in [2.24, 2.45) is 5.92 Å². The van der Waals surface area contributed by atoms with Crippen LogP contribution in [-0.2, 0) is 0 Å². The van der Waals surface area contributed by atoms with E-state index >= 15 is 0 Å². The van der Waals surface area contributed by atoms with Crippen LogP contribution in [0.2, 0.25) is 0 Å². The summed E-state index contributed by atoms with van der Waals surface area (Å²) in [5.41, 5.74) is 12.0. The number of hydrogen-bond acceptors (Lipinski definition) is 5. The van der Waals surface area contributed by atoms with Gasteiger partial charge in [-0.25, -0.2) is 19.7 Å². The quantitative estimate of drug-likeness (QED) is 0.263. The van der Waals surface area contributed by atoms with Crippen molar-refractivity contribution in [2.75, 3.05) is 18.8 Å². The van der Waals surface area contributed by atoms with Gasteiger partial charge in [0, 0.05) is 41.7 Å². The van der Waals surface area contributed by atoms with Gasteiger partial charge in [-0.2, -0.15) is 0 Å². The zero-order valence-electron chi connectivity index (χ0n) is 22.1. The molecule has 39 heavy (non-hydrogen) atoms. The molecule has 1 aliphatic rings. The standard InChI is InChI=1S/C31H33N7O/c1-2-33-31(39)35-17-20-8-10-23(11-9-20)30-34-18-28-29(32)37-27(19-38(28)30)24-13-12-22-14-15-25(36-26(22)16-24)21-6-4-3-5-7-21/h3-7,12-16,18-20,23H,2,8-11,17H2,1H3,(H2,32,37)(H2,33,35,39). The Labute approximate surface area is 227 Å². The van der Waals surface area contributed by atoms with Crippen molar-refractivity contribution in [3.05, 3.63) is 78.9 Å². The SMILES string of the molecule is CCNC(=O)NCC1CCC(c2ncc3c(N)nc(-c4ccc5ccc(-c6ccccc6)nc5c4)cn23)CC1. The van der Waals surface area contributed by atoms with E-state index in [1.54, 1.807) is 0 Å². The number of carbonyl (C=O) groups excluding carboxylic acids is 1. The van der Waals surface area contributed by atoms with Gasteiger partial charge in [0.1, 0.15) is 17.2 Å². The molecule has 5 aromatic rings. The highest BCUT2D eigenvalue weighted by Gasteiger charge is 2.26. The maximum Gasteiger partial charge on any atom is 0.314 e. The number of anilines is 1. The number of nitrogen functional groups attached to an aromatic ring is 1. The molecule has 1 fully saturated rings.